The average Bonchev–Trinajstić information content (AvgIpc) is 3.32. The first-order chi connectivity index (χ1) is 13.5. The van der Waals surface area contributed by atoms with Gasteiger partial charge < -0.3 is 15.0 Å². The van der Waals surface area contributed by atoms with E-state index >= 15 is 0 Å². The third-order valence-electron chi connectivity index (χ3n) is 5.39. The van der Waals surface area contributed by atoms with Crippen LogP contribution in [0.4, 0.5) is 4.39 Å². The Bertz CT molecular complexity index is 1030. The first-order valence-corrected chi connectivity index (χ1v) is 9.42. The normalized spacial score (nSPS) is 16.6. The molecular formula is C22H21FN2O3. The van der Waals surface area contributed by atoms with Gasteiger partial charge in [-0.05, 0) is 60.7 Å². The van der Waals surface area contributed by atoms with Gasteiger partial charge in [-0.1, -0.05) is 18.2 Å². The number of hydrogen-bond acceptors (Lipinski definition) is 2. The van der Waals surface area contributed by atoms with Crippen LogP contribution in [0.1, 0.15) is 24.8 Å². The molecule has 4 rings (SSSR count). The zero-order valence-corrected chi connectivity index (χ0v) is 15.3. The Morgan fingerprint density at radius 2 is 1.89 bits per heavy atom. The lowest BCUT2D eigenvalue weighted by Gasteiger charge is -2.21. The largest absolute Gasteiger partial charge is 0.480 e. The molecule has 1 atom stereocenters. The SMILES string of the molecule is O=C(O)[C@H]1CCCN1C(=O)CCc1c(-c2ccc(F)cc2)[nH]c2ccccc12. The van der Waals surface area contributed by atoms with Crippen LogP contribution in [0.5, 0.6) is 0 Å². The van der Waals surface area contributed by atoms with Crippen molar-refractivity contribution in [2.75, 3.05) is 6.54 Å². The molecule has 2 aromatic carbocycles. The predicted octanol–water partition coefficient (Wildman–Crippen LogP) is 3.98. The lowest BCUT2D eigenvalue weighted by atomic mass is 10.0. The molecule has 2 heterocycles. The van der Waals surface area contributed by atoms with Crippen LogP contribution in [0.25, 0.3) is 22.2 Å². The minimum Gasteiger partial charge on any atom is -0.480 e. The number of H-pyrrole nitrogens is 1. The zero-order chi connectivity index (χ0) is 19.7. The molecular weight excluding hydrogens is 359 g/mol. The molecule has 6 heteroatoms. The number of aromatic amines is 1. The van der Waals surface area contributed by atoms with Crippen molar-refractivity contribution in [3.8, 4) is 11.3 Å². The molecule has 1 fully saturated rings. The van der Waals surface area contributed by atoms with E-state index in [4.69, 9.17) is 0 Å². The number of hydrogen-bond donors (Lipinski definition) is 2. The van der Waals surface area contributed by atoms with Crippen molar-refractivity contribution in [2.24, 2.45) is 0 Å². The van der Waals surface area contributed by atoms with Gasteiger partial charge in [0.2, 0.25) is 5.91 Å². The molecule has 3 aromatic rings. The lowest BCUT2D eigenvalue weighted by Crippen LogP contribution is -2.40. The summed E-state index contributed by atoms with van der Waals surface area (Å²) in [5.74, 6) is -1.38. The zero-order valence-electron chi connectivity index (χ0n) is 15.3. The van der Waals surface area contributed by atoms with Gasteiger partial charge in [-0.3, -0.25) is 4.79 Å². The van der Waals surface area contributed by atoms with Gasteiger partial charge in [0, 0.05) is 29.6 Å². The van der Waals surface area contributed by atoms with Gasteiger partial charge in [-0.15, -0.1) is 0 Å². The second-order valence-electron chi connectivity index (χ2n) is 7.11. The van der Waals surface area contributed by atoms with Crippen LogP contribution in [-0.4, -0.2) is 39.5 Å². The van der Waals surface area contributed by atoms with Gasteiger partial charge in [0.05, 0.1) is 0 Å². The molecule has 1 saturated heterocycles. The lowest BCUT2D eigenvalue weighted by molar-refractivity contribution is -0.148. The van der Waals surface area contributed by atoms with Crippen molar-refractivity contribution in [1.29, 1.82) is 0 Å². The van der Waals surface area contributed by atoms with Gasteiger partial charge >= 0.3 is 5.97 Å². The molecule has 2 N–H and O–H groups in total. The number of aryl methyl sites for hydroxylation is 1. The van der Waals surface area contributed by atoms with Crippen LogP contribution < -0.4 is 0 Å². The van der Waals surface area contributed by atoms with E-state index in [1.165, 1.54) is 17.0 Å². The van der Waals surface area contributed by atoms with Crippen molar-refractivity contribution in [1.82, 2.24) is 9.88 Å². The van der Waals surface area contributed by atoms with Crippen LogP contribution >= 0.6 is 0 Å². The minimum absolute atomic E-state index is 0.139. The quantitative estimate of drug-likeness (QED) is 0.703. The third-order valence-corrected chi connectivity index (χ3v) is 5.39. The fourth-order valence-electron chi connectivity index (χ4n) is 4.02. The van der Waals surface area contributed by atoms with Crippen LogP contribution in [0.3, 0.4) is 0 Å². The third kappa shape index (κ3) is 3.38. The van der Waals surface area contributed by atoms with E-state index in [0.717, 1.165) is 34.1 Å². The van der Waals surface area contributed by atoms with Crippen LogP contribution in [0.15, 0.2) is 48.5 Å². The summed E-state index contributed by atoms with van der Waals surface area (Å²) < 4.78 is 13.3. The summed E-state index contributed by atoms with van der Waals surface area (Å²) in [5, 5.41) is 10.3. The van der Waals surface area contributed by atoms with E-state index in [0.29, 0.717) is 19.4 Å². The molecule has 0 spiro atoms. The highest BCUT2D eigenvalue weighted by Gasteiger charge is 2.33. The summed E-state index contributed by atoms with van der Waals surface area (Å²) in [4.78, 5) is 28.9. The molecule has 0 bridgehead atoms. The van der Waals surface area contributed by atoms with Crippen LogP contribution in [0.2, 0.25) is 0 Å². The number of fused-ring (bicyclic) bond motifs is 1. The second kappa shape index (κ2) is 7.46. The summed E-state index contributed by atoms with van der Waals surface area (Å²) in [6, 6.07) is 13.4. The molecule has 5 nitrogen and oxygen atoms in total. The summed E-state index contributed by atoms with van der Waals surface area (Å²) in [6.45, 7) is 0.495. The molecule has 0 saturated carbocycles. The number of aromatic nitrogens is 1. The summed E-state index contributed by atoms with van der Waals surface area (Å²) in [6.07, 6.45) is 1.95. The van der Waals surface area contributed by atoms with Gasteiger partial charge in [-0.2, -0.15) is 0 Å². The molecule has 1 amide bonds. The van der Waals surface area contributed by atoms with Crippen LogP contribution in [0, 0.1) is 5.82 Å². The molecule has 28 heavy (non-hydrogen) atoms. The Morgan fingerprint density at radius 1 is 1.14 bits per heavy atom. The van der Waals surface area contributed by atoms with E-state index in [9.17, 15) is 19.1 Å². The topological polar surface area (TPSA) is 73.4 Å². The summed E-state index contributed by atoms with van der Waals surface area (Å²) in [5.41, 5.74) is 3.66. The Balaban J connectivity index is 1.62. The number of aliphatic carboxylic acids is 1. The number of carboxylic acid groups (broad SMARTS) is 1. The Labute approximate surface area is 161 Å². The molecule has 0 unspecified atom stereocenters. The van der Waals surface area contributed by atoms with Crippen molar-refractivity contribution in [2.45, 2.75) is 31.7 Å². The fourth-order valence-corrected chi connectivity index (χ4v) is 4.02. The smallest absolute Gasteiger partial charge is 0.326 e. The first kappa shape index (κ1) is 18.2. The maximum Gasteiger partial charge on any atom is 0.326 e. The standard InChI is InChI=1S/C22H21FN2O3/c23-15-9-7-14(8-10-15)21-17(16-4-1-2-5-18(16)24-21)11-12-20(26)25-13-3-6-19(25)22(27)28/h1-2,4-5,7-10,19,24H,3,6,11-13H2,(H,27,28)/t19-/m1/s1. The maximum absolute atomic E-state index is 13.3. The van der Waals surface area contributed by atoms with Gasteiger partial charge in [0.25, 0.3) is 0 Å². The monoisotopic (exact) mass is 380 g/mol. The molecule has 144 valence electrons. The van der Waals surface area contributed by atoms with E-state index in [2.05, 4.69) is 4.98 Å². The number of amides is 1. The average molecular weight is 380 g/mol. The molecule has 1 aromatic heterocycles. The number of carbonyl (C=O) groups is 2. The number of nitrogens with zero attached hydrogens (tertiary/aromatic N) is 1. The van der Waals surface area contributed by atoms with Gasteiger partial charge in [0.15, 0.2) is 0 Å². The number of carboxylic acids is 1. The van der Waals surface area contributed by atoms with E-state index in [1.54, 1.807) is 12.1 Å². The van der Waals surface area contributed by atoms with Crippen molar-refractivity contribution >= 4 is 22.8 Å². The maximum atomic E-state index is 13.3. The summed E-state index contributed by atoms with van der Waals surface area (Å²) >= 11 is 0. The minimum atomic E-state index is -0.940. The molecule has 1 aliphatic heterocycles. The number of halogens is 1. The number of rotatable bonds is 5. The number of nitrogens with one attached hydrogen (secondary N) is 1. The van der Waals surface area contributed by atoms with Crippen molar-refractivity contribution in [3.05, 3.63) is 59.9 Å². The number of para-hydroxylation sites is 1. The number of benzene rings is 2. The van der Waals surface area contributed by atoms with Crippen LogP contribution in [-0.2, 0) is 16.0 Å². The highest BCUT2D eigenvalue weighted by molar-refractivity contribution is 5.91. The Morgan fingerprint density at radius 3 is 2.64 bits per heavy atom. The Kier molecular flexibility index (Phi) is 4.86. The van der Waals surface area contributed by atoms with Crippen molar-refractivity contribution < 1.29 is 19.1 Å². The number of likely N-dealkylation sites (tertiary alicyclic amines) is 1. The number of carbonyl (C=O) groups excluding carboxylic acids is 1. The second-order valence-corrected chi connectivity index (χ2v) is 7.11. The highest BCUT2D eigenvalue weighted by atomic mass is 19.1. The van der Waals surface area contributed by atoms with Gasteiger partial charge in [0.1, 0.15) is 11.9 Å². The predicted molar refractivity (Wildman–Crippen MR) is 104 cm³/mol. The molecule has 0 aliphatic carbocycles. The van der Waals surface area contributed by atoms with E-state index in [-0.39, 0.29) is 18.1 Å². The van der Waals surface area contributed by atoms with E-state index < -0.39 is 12.0 Å². The molecule has 1 aliphatic rings. The fraction of sp³-hybridized carbons (Fsp3) is 0.273. The van der Waals surface area contributed by atoms with E-state index in [1.807, 2.05) is 24.3 Å². The highest BCUT2D eigenvalue weighted by Crippen LogP contribution is 2.32. The Hall–Kier alpha value is -3.15. The molecule has 0 radical (unpaired) electrons. The van der Waals surface area contributed by atoms with Crippen molar-refractivity contribution in [3.63, 3.8) is 0 Å². The van der Waals surface area contributed by atoms with Gasteiger partial charge in [-0.25, -0.2) is 9.18 Å². The first-order valence-electron chi connectivity index (χ1n) is 9.42. The summed E-state index contributed by atoms with van der Waals surface area (Å²) in [7, 11) is 0.